The van der Waals surface area contributed by atoms with Crippen LogP contribution < -0.4 is 0 Å². The smallest absolute Gasteiger partial charge is 0.115 e. The fraction of sp³-hybridized carbons (Fsp3) is 0.125. The summed E-state index contributed by atoms with van der Waals surface area (Å²) in [6.45, 7) is 1.65. The zero-order valence-corrected chi connectivity index (χ0v) is 7.05. The highest BCUT2D eigenvalue weighted by molar-refractivity contribution is 7.98. The van der Waals surface area contributed by atoms with Gasteiger partial charge in [-0.15, -0.1) is 11.4 Å². The highest BCUT2D eigenvalue weighted by Gasteiger charge is 1.87. The Balaban J connectivity index is 2.91. The molecule has 0 saturated heterocycles. The summed E-state index contributed by atoms with van der Waals surface area (Å²) in [5.74, 6) is 0.250. The summed E-state index contributed by atoms with van der Waals surface area (Å²) in [5, 5.41) is 18.2. The van der Waals surface area contributed by atoms with Crippen LogP contribution in [0.2, 0.25) is 0 Å². The standard InChI is InChI=1S/C8H10O2S/c1-6(9)11-8-4-2-7(10)3-5-8/h2-5,9-11H,1H3. The second kappa shape index (κ2) is 3.55. The SMILES string of the molecule is CC(O)=[SH]c1ccc(O)cc1. The fourth-order valence-electron chi connectivity index (χ4n) is 0.714. The number of aliphatic hydroxyl groups excluding tert-OH is 1. The quantitative estimate of drug-likeness (QED) is 0.445. The molecule has 1 aromatic rings. The molecule has 0 spiro atoms. The summed E-state index contributed by atoms with van der Waals surface area (Å²) in [6, 6.07) is 6.75. The molecule has 0 heterocycles. The molecule has 0 bridgehead atoms. The van der Waals surface area contributed by atoms with Crippen molar-refractivity contribution < 1.29 is 10.2 Å². The van der Waals surface area contributed by atoms with Crippen LogP contribution in [0.3, 0.4) is 0 Å². The molecule has 2 nitrogen and oxygen atoms in total. The molecule has 0 aliphatic carbocycles. The number of rotatable bonds is 1. The number of phenolic OH excluding ortho intramolecular Hbond substituents is 1. The summed E-state index contributed by atoms with van der Waals surface area (Å²) >= 11 is 0.793. The van der Waals surface area contributed by atoms with Gasteiger partial charge in [0.2, 0.25) is 0 Å². The lowest BCUT2D eigenvalue weighted by atomic mass is 10.3. The molecule has 0 radical (unpaired) electrons. The average Bonchev–Trinajstić information content (AvgIpc) is 1.93. The van der Waals surface area contributed by atoms with E-state index >= 15 is 0 Å². The van der Waals surface area contributed by atoms with Gasteiger partial charge in [0.25, 0.3) is 0 Å². The monoisotopic (exact) mass is 170 g/mol. The molecule has 0 amide bonds. The highest BCUT2D eigenvalue weighted by Crippen LogP contribution is 2.15. The third-order valence-electron chi connectivity index (χ3n) is 1.14. The van der Waals surface area contributed by atoms with E-state index in [2.05, 4.69) is 0 Å². The van der Waals surface area contributed by atoms with Crippen LogP contribution >= 0.6 is 11.4 Å². The van der Waals surface area contributed by atoms with E-state index in [4.69, 9.17) is 10.2 Å². The Morgan fingerprint density at radius 2 is 1.82 bits per heavy atom. The third kappa shape index (κ3) is 2.74. The number of aromatic hydroxyl groups is 1. The van der Waals surface area contributed by atoms with Crippen molar-refractivity contribution in [3.05, 3.63) is 24.3 Å². The molecule has 1 aromatic carbocycles. The van der Waals surface area contributed by atoms with Gasteiger partial charge in [-0.25, -0.2) is 0 Å². The van der Waals surface area contributed by atoms with E-state index in [0.717, 1.165) is 16.2 Å². The molecule has 0 unspecified atom stereocenters. The maximum Gasteiger partial charge on any atom is 0.115 e. The van der Waals surface area contributed by atoms with Crippen molar-refractivity contribution in [1.82, 2.24) is 0 Å². The Labute approximate surface area is 69.1 Å². The van der Waals surface area contributed by atoms with E-state index in [9.17, 15) is 0 Å². The average molecular weight is 170 g/mol. The third-order valence-corrected chi connectivity index (χ3v) is 2.02. The van der Waals surface area contributed by atoms with Gasteiger partial charge in [-0.1, -0.05) is 0 Å². The van der Waals surface area contributed by atoms with Crippen LogP contribution in [0.5, 0.6) is 5.75 Å². The van der Waals surface area contributed by atoms with Crippen LogP contribution in [0.25, 0.3) is 0 Å². The van der Waals surface area contributed by atoms with E-state index in [1.807, 2.05) is 0 Å². The molecule has 0 atom stereocenters. The number of aliphatic hydroxyl groups is 1. The number of hydrogen-bond donors (Lipinski definition) is 3. The maximum absolute atomic E-state index is 8.92. The second-order valence-electron chi connectivity index (χ2n) is 2.18. The zero-order valence-electron chi connectivity index (χ0n) is 6.15. The van der Waals surface area contributed by atoms with Crippen molar-refractivity contribution in [2.45, 2.75) is 11.8 Å². The van der Waals surface area contributed by atoms with Crippen LogP contribution in [0.4, 0.5) is 0 Å². The van der Waals surface area contributed by atoms with Gasteiger partial charge in [0, 0.05) is 4.90 Å². The first kappa shape index (κ1) is 8.30. The largest absolute Gasteiger partial charge is 0.508 e. The summed E-state index contributed by atoms with van der Waals surface area (Å²) < 4.78 is 0. The van der Waals surface area contributed by atoms with Crippen molar-refractivity contribution in [2.75, 3.05) is 0 Å². The van der Waals surface area contributed by atoms with Crippen LogP contribution in [0.1, 0.15) is 6.92 Å². The lowest BCUT2D eigenvalue weighted by molar-refractivity contribution is 0.475. The number of benzene rings is 1. The molecule has 1 rings (SSSR count). The molecule has 0 saturated carbocycles. The van der Waals surface area contributed by atoms with E-state index in [-0.39, 0.29) is 5.75 Å². The van der Waals surface area contributed by atoms with Gasteiger partial charge in [0.15, 0.2) is 0 Å². The van der Waals surface area contributed by atoms with Crippen LogP contribution in [-0.4, -0.2) is 15.3 Å². The highest BCUT2D eigenvalue weighted by atomic mass is 32.1. The maximum atomic E-state index is 8.92. The molecule has 0 aliphatic heterocycles. The Morgan fingerprint density at radius 3 is 2.27 bits per heavy atom. The second-order valence-corrected chi connectivity index (χ2v) is 3.56. The van der Waals surface area contributed by atoms with Gasteiger partial charge < -0.3 is 10.2 Å². The molecule has 60 valence electrons. The Morgan fingerprint density at radius 1 is 1.27 bits per heavy atom. The molecular weight excluding hydrogens is 160 g/mol. The normalized spacial score (nSPS) is 12.4. The Hall–Kier alpha value is -0.800. The summed E-state index contributed by atoms with van der Waals surface area (Å²) in [6.07, 6.45) is 0. The molecular formula is C8H10O2S. The molecule has 0 aliphatic rings. The van der Waals surface area contributed by atoms with E-state index in [1.54, 1.807) is 31.2 Å². The van der Waals surface area contributed by atoms with E-state index in [1.165, 1.54) is 0 Å². The van der Waals surface area contributed by atoms with Crippen molar-refractivity contribution in [2.24, 2.45) is 0 Å². The Kier molecular flexibility index (Phi) is 2.68. The molecule has 11 heavy (non-hydrogen) atoms. The van der Waals surface area contributed by atoms with Gasteiger partial charge >= 0.3 is 0 Å². The topological polar surface area (TPSA) is 40.5 Å². The first-order valence-electron chi connectivity index (χ1n) is 3.22. The minimum absolute atomic E-state index is 0.250. The minimum atomic E-state index is 0.250. The first-order chi connectivity index (χ1) is 5.18. The van der Waals surface area contributed by atoms with Gasteiger partial charge in [0.1, 0.15) is 5.75 Å². The van der Waals surface area contributed by atoms with Gasteiger partial charge in [-0.2, -0.15) is 0 Å². The number of phenols is 1. The van der Waals surface area contributed by atoms with E-state index in [0.29, 0.717) is 5.05 Å². The minimum Gasteiger partial charge on any atom is -0.508 e. The van der Waals surface area contributed by atoms with Gasteiger partial charge in [-0.05, 0) is 31.2 Å². The lowest BCUT2D eigenvalue weighted by Gasteiger charge is -1.94. The van der Waals surface area contributed by atoms with Crippen LogP contribution in [-0.2, 0) is 0 Å². The molecule has 0 fully saturated rings. The zero-order chi connectivity index (χ0) is 8.27. The van der Waals surface area contributed by atoms with Crippen molar-refractivity contribution >= 4 is 16.4 Å². The predicted molar refractivity (Wildman–Crippen MR) is 48.7 cm³/mol. The van der Waals surface area contributed by atoms with Crippen LogP contribution in [0, 0.1) is 0 Å². The lowest BCUT2D eigenvalue weighted by Crippen LogP contribution is -1.80. The fourth-order valence-corrected chi connectivity index (χ4v) is 1.39. The van der Waals surface area contributed by atoms with Crippen molar-refractivity contribution in [3.8, 4) is 5.75 Å². The predicted octanol–water partition coefficient (Wildman–Crippen LogP) is 1.92. The van der Waals surface area contributed by atoms with Gasteiger partial charge in [-0.3, -0.25) is 0 Å². The molecule has 3 heteroatoms. The molecule has 0 aromatic heterocycles. The number of thiol groups is 1. The van der Waals surface area contributed by atoms with E-state index < -0.39 is 0 Å². The molecule has 2 N–H and O–H groups in total. The van der Waals surface area contributed by atoms with Gasteiger partial charge in [0.05, 0.1) is 5.05 Å². The van der Waals surface area contributed by atoms with Crippen molar-refractivity contribution in [3.63, 3.8) is 0 Å². The van der Waals surface area contributed by atoms with Crippen molar-refractivity contribution in [1.29, 1.82) is 0 Å². The van der Waals surface area contributed by atoms with Crippen LogP contribution in [0.15, 0.2) is 29.2 Å². The Bertz CT molecular complexity index is 260. The number of hydrogen-bond acceptors (Lipinski definition) is 1. The summed E-state index contributed by atoms with van der Waals surface area (Å²) in [7, 11) is 0. The first-order valence-corrected chi connectivity index (χ1v) is 4.11. The summed E-state index contributed by atoms with van der Waals surface area (Å²) in [4.78, 5) is 0.975. The summed E-state index contributed by atoms with van der Waals surface area (Å²) in [5.41, 5.74) is 0.